The van der Waals surface area contributed by atoms with Crippen LogP contribution in [0.3, 0.4) is 0 Å². The first kappa shape index (κ1) is 25.4. The van der Waals surface area contributed by atoms with Crippen LogP contribution in [0, 0.1) is 0 Å². The van der Waals surface area contributed by atoms with Crippen LogP contribution < -0.4 is 15.5 Å². The number of hydrogen-bond acceptors (Lipinski definition) is 7. The van der Waals surface area contributed by atoms with Crippen molar-refractivity contribution in [3.8, 4) is 0 Å². The van der Waals surface area contributed by atoms with Crippen LogP contribution in [-0.4, -0.2) is 103 Å². The standard InChI is InChI=1S/C20H34N8O2.HI/c1-20(2,3)30-19(29)28-14-16(15-28)25-17(21-4)22-8-9-26-10-12-27(13-11-26)18-23-6-5-7-24-18;/h5-7,16H,8-15H2,1-4H3,(H2,21,22,25);1H. The summed E-state index contributed by atoms with van der Waals surface area (Å²) in [5.74, 6) is 1.57. The summed E-state index contributed by atoms with van der Waals surface area (Å²) in [6, 6.07) is 2.03. The number of aliphatic imine (C=N–C) groups is 1. The van der Waals surface area contributed by atoms with Crippen LogP contribution in [0.2, 0.25) is 0 Å². The molecule has 31 heavy (non-hydrogen) atoms. The number of nitrogens with zero attached hydrogens (tertiary/aromatic N) is 6. The van der Waals surface area contributed by atoms with Gasteiger partial charge in [0.25, 0.3) is 0 Å². The lowest BCUT2D eigenvalue weighted by atomic mass is 10.1. The summed E-state index contributed by atoms with van der Waals surface area (Å²) in [4.78, 5) is 31.3. The zero-order valence-electron chi connectivity index (χ0n) is 18.9. The highest BCUT2D eigenvalue weighted by atomic mass is 127. The Morgan fingerprint density at radius 1 is 1.19 bits per heavy atom. The highest BCUT2D eigenvalue weighted by Crippen LogP contribution is 2.15. The van der Waals surface area contributed by atoms with Gasteiger partial charge in [0.1, 0.15) is 5.60 Å². The van der Waals surface area contributed by atoms with Crippen LogP contribution in [0.15, 0.2) is 23.5 Å². The molecule has 0 atom stereocenters. The van der Waals surface area contributed by atoms with Gasteiger partial charge in [-0.25, -0.2) is 14.8 Å². The first-order valence-corrected chi connectivity index (χ1v) is 10.5. The second-order valence-electron chi connectivity index (χ2n) is 8.60. The van der Waals surface area contributed by atoms with E-state index in [2.05, 4.69) is 35.4 Å². The van der Waals surface area contributed by atoms with E-state index in [9.17, 15) is 4.79 Å². The molecular formula is C20H35IN8O2. The van der Waals surface area contributed by atoms with Crippen LogP contribution in [0.5, 0.6) is 0 Å². The number of piperazine rings is 1. The number of carbonyl (C=O) groups is 1. The van der Waals surface area contributed by atoms with E-state index in [1.807, 2.05) is 26.8 Å². The van der Waals surface area contributed by atoms with Gasteiger partial charge in [-0.15, -0.1) is 24.0 Å². The maximum Gasteiger partial charge on any atom is 0.410 e. The Labute approximate surface area is 201 Å². The largest absolute Gasteiger partial charge is 0.444 e. The highest BCUT2D eigenvalue weighted by molar-refractivity contribution is 14.0. The quantitative estimate of drug-likeness (QED) is 0.321. The Kier molecular flexibility index (Phi) is 9.54. The van der Waals surface area contributed by atoms with Crippen molar-refractivity contribution in [3.05, 3.63) is 18.5 Å². The Morgan fingerprint density at radius 3 is 2.42 bits per heavy atom. The molecule has 0 radical (unpaired) electrons. The van der Waals surface area contributed by atoms with Crippen molar-refractivity contribution in [2.24, 2.45) is 4.99 Å². The maximum atomic E-state index is 12.0. The molecule has 1 amide bonds. The third-order valence-corrected chi connectivity index (χ3v) is 5.03. The van der Waals surface area contributed by atoms with Crippen molar-refractivity contribution in [3.63, 3.8) is 0 Å². The molecule has 0 aliphatic carbocycles. The van der Waals surface area contributed by atoms with Crippen molar-refractivity contribution in [2.45, 2.75) is 32.4 Å². The zero-order valence-corrected chi connectivity index (χ0v) is 21.2. The summed E-state index contributed by atoms with van der Waals surface area (Å²) in [5, 5.41) is 6.73. The van der Waals surface area contributed by atoms with Crippen molar-refractivity contribution in [2.75, 3.05) is 64.3 Å². The third-order valence-electron chi connectivity index (χ3n) is 5.03. The normalized spacial score (nSPS) is 18.1. The fourth-order valence-corrected chi connectivity index (χ4v) is 3.39. The van der Waals surface area contributed by atoms with E-state index in [0.29, 0.717) is 13.1 Å². The second-order valence-corrected chi connectivity index (χ2v) is 8.60. The van der Waals surface area contributed by atoms with Crippen LogP contribution in [0.1, 0.15) is 20.8 Å². The molecular weight excluding hydrogens is 511 g/mol. The van der Waals surface area contributed by atoms with Crippen molar-refractivity contribution < 1.29 is 9.53 Å². The lowest BCUT2D eigenvalue weighted by molar-refractivity contribution is 0.00701. The molecule has 0 bridgehead atoms. The zero-order chi connectivity index (χ0) is 21.6. The molecule has 2 aliphatic heterocycles. The molecule has 3 heterocycles. The van der Waals surface area contributed by atoms with Gasteiger partial charge in [0.15, 0.2) is 5.96 Å². The Bertz CT molecular complexity index is 714. The fourth-order valence-electron chi connectivity index (χ4n) is 3.39. The van der Waals surface area contributed by atoms with Crippen molar-refractivity contribution in [1.29, 1.82) is 0 Å². The van der Waals surface area contributed by atoms with E-state index >= 15 is 0 Å². The van der Waals surface area contributed by atoms with Gasteiger partial charge in [0.2, 0.25) is 5.95 Å². The summed E-state index contributed by atoms with van der Waals surface area (Å²) < 4.78 is 5.39. The molecule has 1 aromatic heterocycles. The molecule has 0 aromatic carbocycles. The van der Waals surface area contributed by atoms with E-state index in [1.54, 1.807) is 24.3 Å². The van der Waals surface area contributed by atoms with Gasteiger partial charge in [-0.2, -0.15) is 0 Å². The van der Waals surface area contributed by atoms with Gasteiger partial charge < -0.3 is 25.2 Å². The van der Waals surface area contributed by atoms with Crippen molar-refractivity contribution in [1.82, 2.24) is 30.4 Å². The molecule has 11 heteroatoms. The smallest absolute Gasteiger partial charge is 0.410 e. The SMILES string of the molecule is CN=C(NCCN1CCN(c2ncccn2)CC1)NC1CN(C(=O)OC(C)(C)C)C1.I. The predicted molar refractivity (Wildman–Crippen MR) is 132 cm³/mol. The molecule has 2 N–H and O–H groups in total. The fraction of sp³-hybridized carbons (Fsp3) is 0.700. The number of halogens is 1. The van der Waals surface area contributed by atoms with Crippen molar-refractivity contribution >= 4 is 42.0 Å². The molecule has 10 nitrogen and oxygen atoms in total. The Morgan fingerprint density at radius 2 is 1.84 bits per heavy atom. The third kappa shape index (κ3) is 7.95. The minimum atomic E-state index is -0.465. The van der Waals surface area contributed by atoms with Crippen LogP contribution in [0.4, 0.5) is 10.7 Å². The van der Waals surface area contributed by atoms with Crippen LogP contribution >= 0.6 is 24.0 Å². The number of nitrogens with one attached hydrogen (secondary N) is 2. The van der Waals surface area contributed by atoms with E-state index in [1.165, 1.54) is 0 Å². The van der Waals surface area contributed by atoms with Gasteiger partial charge in [0.05, 0.1) is 6.04 Å². The Balaban J connectivity index is 0.00000341. The first-order valence-electron chi connectivity index (χ1n) is 10.5. The number of amides is 1. The van der Waals surface area contributed by atoms with E-state index in [4.69, 9.17) is 4.74 Å². The number of ether oxygens (including phenoxy) is 1. The minimum absolute atomic E-state index is 0. The molecule has 2 saturated heterocycles. The molecule has 0 spiro atoms. The van der Waals surface area contributed by atoms with Gasteiger partial charge in [0, 0.05) is 71.8 Å². The molecule has 0 unspecified atom stereocenters. The highest BCUT2D eigenvalue weighted by Gasteiger charge is 2.34. The summed E-state index contributed by atoms with van der Waals surface area (Å²) in [6.45, 7) is 12.5. The molecule has 2 fully saturated rings. The van der Waals surface area contributed by atoms with Crippen LogP contribution in [0.25, 0.3) is 0 Å². The number of guanidine groups is 1. The first-order chi connectivity index (χ1) is 14.3. The monoisotopic (exact) mass is 546 g/mol. The number of carbonyl (C=O) groups excluding carboxylic acids is 1. The summed E-state index contributed by atoms with van der Waals surface area (Å²) in [5.41, 5.74) is -0.465. The van der Waals surface area contributed by atoms with E-state index in [0.717, 1.165) is 51.2 Å². The van der Waals surface area contributed by atoms with E-state index < -0.39 is 5.60 Å². The number of rotatable bonds is 5. The van der Waals surface area contributed by atoms with Gasteiger partial charge in [-0.05, 0) is 26.8 Å². The lowest BCUT2D eigenvalue weighted by Gasteiger charge is -2.40. The topological polar surface area (TPSA) is 98.2 Å². The van der Waals surface area contributed by atoms with Crippen LogP contribution in [-0.2, 0) is 4.74 Å². The molecule has 3 rings (SSSR count). The molecule has 2 aliphatic rings. The Hall–Kier alpha value is -1.89. The second kappa shape index (κ2) is 11.7. The van der Waals surface area contributed by atoms with Gasteiger partial charge in [-0.3, -0.25) is 9.89 Å². The summed E-state index contributed by atoms with van der Waals surface area (Å²) in [6.07, 6.45) is 3.31. The minimum Gasteiger partial charge on any atom is -0.444 e. The molecule has 0 saturated carbocycles. The molecule has 1 aromatic rings. The number of hydrogen-bond donors (Lipinski definition) is 2. The summed E-state index contributed by atoms with van der Waals surface area (Å²) in [7, 11) is 1.76. The average Bonchev–Trinajstić information content (AvgIpc) is 2.68. The molecule has 174 valence electrons. The number of likely N-dealkylation sites (tertiary alicyclic amines) is 1. The number of anilines is 1. The van der Waals surface area contributed by atoms with E-state index in [-0.39, 0.29) is 36.1 Å². The summed E-state index contributed by atoms with van der Waals surface area (Å²) >= 11 is 0. The predicted octanol–water partition coefficient (Wildman–Crippen LogP) is 1.00. The number of aromatic nitrogens is 2. The van der Waals surface area contributed by atoms with Gasteiger partial charge >= 0.3 is 6.09 Å². The van der Waals surface area contributed by atoms with Gasteiger partial charge in [-0.1, -0.05) is 0 Å². The average molecular weight is 546 g/mol. The lowest BCUT2D eigenvalue weighted by Crippen LogP contribution is -2.63. The maximum absolute atomic E-state index is 12.0.